The zero-order chi connectivity index (χ0) is 28.2. The van der Waals surface area contributed by atoms with Crippen molar-refractivity contribution in [1.29, 1.82) is 0 Å². The number of carbonyl (C=O) groups is 1. The molecule has 4 aromatic rings. The minimum Gasteiger partial charge on any atom is -0.494 e. The van der Waals surface area contributed by atoms with E-state index in [1.165, 1.54) is 18.3 Å². The molecule has 10 heteroatoms. The second kappa shape index (κ2) is 11.5. The molecule has 0 spiro atoms. The number of pyridine rings is 2. The van der Waals surface area contributed by atoms with Crippen molar-refractivity contribution in [2.45, 2.75) is 39.0 Å². The largest absolute Gasteiger partial charge is 0.494 e. The van der Waals surface area contributed by atoms with Gasteiger partial charge in [0, 0.05) is 11.8 Å². The maximum absolute atomic E-state index is 13.2. The first-order valence-corrected chi connectivity index (χ1v) is 13.8. The predicted octanol–water partition coefficient (Wildman–Crippen LogP) is 5.06. The summed E-state index contributed by atoms with van der Waals surface area (Å²) in [6.07, 6.45) is 2.19. The molecule has 39 heavy (non-hydrogen) atoms. The molecule has 2 aromatic carbocycles. The SMILES string of the molecule is CCCOc1ccc(-c2ccc(C(=O)NS(=O)(=O)c3ccc[nH]c3=O)c(Oc3c(C)cc(C)cc3C)n2)cc1. The van der Waals surface area contributed by atoms with Crippen LogP contribution in [0.3, 0.4) is 0 Å². The Hall–Kier alpha value is -4.44. The molecule has 9 nitrogen and oxygen atoms in total. The van der Waals surface area contributed by atoms with Crippen molar-refractivity contribution in [3.8, 4) is 28.6 Å². The summed E-state index contributed by atoms with van der Waals surface area (Å²) in [6.45, 7) is 8.34. The van der Waals surface area contributed by atoms with Gasteiger partial charge in [0.2, 0.25) is 5.88 Å². The lowest BCUT2D eigenvalue weighted by molar-refractivity contribution is 0.0978. The summed E-state index contributed by atoms with van der Waals surface area (Å²) in [7, 11) is -4.47. The molecule has 0 radical (unpaired) electrons. The second-order valence-corrected chi connectivity index (χ2v) is 10.7. The Labute approximate surface area is 226 Å². The molecule has 0 bridgehead atoms. The van der Waals surface area contributed by atoms with Crippen molar-refractivity contribution in [2.75, 3.05) is 6.61 Å². The Bertz CT molecular complexity index is 1660. The van der Waals surface area contributed by atoms with Crippen LogP contribution in [0.25, 0.3) is 11.3 Å². The predicted molar refractivity (Wildman–Crippen MR) is 148 cm³/mol. The van der Waals surface area contributed by atoms with E-state index in [0.717, 1.165) is 40.5 Å². The molecule has 2 aromatic heterocycles. The van der Waals surface area contributed by atoms with Gasteiger partial charge in [-0.25, -0.2) is 18.1 Å². The van der Waals surface area contributed by atoms with E-state index in [1.807, 2.05) is 68.8 Å². The zero-order valence-electron chi connectivity index (χ0n) is 22.1. The summed E-state index contributed by atoms with van der Waals surface area (Å²) >= 11 is 0. The lowest BCUT2D eigenvalue weighted by Crippen LogP contribution is -2.34. The monoisotopic (exact) mass is 547 g/mol. The molecule has 2 heterocycles. The van der Waals surface area contributed by atoms with E-state index in [9.17, 15) is 18.0 Å². The number of nitrogens with one attached hydrogen (secondary N) is 2. The van der Waals surface area contributed by atoms with Crippen LogP contribution in [0.15, 0.2) is 76.6 Å². The van der Waals surface area contributed by atoms with E-state index in [4.69, 9.17) is 9.47 Å². The number of hydrogen-bond acceptors (Lipinski definition) is 7. The van der Waals surface area contributed by atoms with Crippen LogP contribution in [0.1, 0.15) is 40.4 Å². The molecule has 0 aliphatic rings. The quantitative estimate of drug-likeness (QED) is 0.300. The molecule has 4 rings (SSSR count). The Morgan fingerprint density at radius 2 is 1.69 bits per heavy atom. The average Bonchev–Trinajstić information content (AvgIpc) is 2.89. The first-order valence-electron chi connectivity index (χ1n) is 12.3. The van der Waals surface area contributed by atoms with E-state index < -0.39 is 26.4 Å². The number of aryl methyl sites for hydroxylation is 3. The average molecular weight is 548 g/mol. The number of carbonyl (C=O) groups excluding carboxylic acids is 1. The Morgan fingerprint density at radius 1 is 1.00 bits per heavy atom. The van der Waals surface area contributed by atoms with Crippen molar-refractivity contribution >= 4 is 15.9 Å². The number of aromatic nitrogens is 2. The van der Waals surface area contributed by atoms with Crippen LogP contribution >= 0.6 is 0 Å². The smallest absolute Gasteiger partial charge is 0.270 e. The molecule has 0 saturated carbocycles. The van der Waals surface area contributed by atoms with E-state index in [1.54, 1.807) is 6.07 Å². The zero-order valence-corrected chi connectivity index (χ0v) is 22.9. The number of benzene rings is 2. The van der Waals surface area contributed by atoms with Crippen LogP contribution in [0, 0.1) is 20.8 Å². The van der Waals surface area contributed by atoms with Crippen molar-refractivity contribution in [1.82, 2.24) is 14.7 Å². The summed E-state index contributed by atoms with van der Waals surface area (Å²) < 4.78 is 39.4. The van der Waals surface area contributed by atoms with Crippen molar-refractivity contribution in [3.63, 3.8) is 0 Å². The summed E-state index contributed by atoms with van der Waals surface area (Å²) in [5, 5.41) is 0. The topological polar surface area (TPSA) is 127 Å². The van der Waals surface area contributed by atoms with E-state index >= 15 is 0 Å². The van der Waals surface area contributed by atoms with Gasteiger partial charge in [-0.15, -0.1) is 0 Å². The highest BCUT2D eigenvalue weighted by molar-refractivity contribution is 7.90. The molecule has 202 valence electrons. The van der Waals surface area contributed by atoms with Gasteiger partial charge in [0.05, 0.1) is 12.3 Å². The normalized spacial score (nSPS) is 11.2. The molecule has 0 saturated heterocycles. The highest BCUT2D eigenvalue weighted by atomic mass is 32.2. The van der Waals surface area contributed by atoms with Gasteiger partial charge in [-0.1, -0.05) is 24.6 Å². The summed E-state index contributed by atoms with van der Waals surface area (Å²) in [5.74, 6) is 0.159. The molecule has 0 aliphatic carbocycles. The van der Waals surface area contributed by atoms with Crippen molar-refractivity contribution in [2.24, 2.45) is 0 Å². The fourth-order valence-electron chi connectivity index (χ4n) is 4.07. The number of rotatable bonds is 9. The first kappa shape index (κ1) is 27.6. The van der Waals surface area contributed by atoms with Crippen LogP contribution in [0.4, 0.5) is 0 Å². The summed E-state index contributed by atoms with van der Waals surface area (Å²) in [4.78, 5) is 31.6. The third kappa shape index (κ3) is 6.35. The van der Waals surface area contributed by atoms with Gasteiger partial charge in [-0.2, -0.15) is 0 Å². The van der Waals surface area contributed by atoms with Crippen LogP contribution in [-0.2, 0) is 10.0 Å². The Balaban J connectivity index is 1.75. The fourth-order valence-corrected chi connectivity index (χ4v) is 5.09. The number of nitrogens with zero attached hydrogens (tertiary/aromatic N) is 1. The molecule has 2 N–H and O–H groups in total. The standard InChI is InChI=1S/C29H29N3O6S/c1-5-15-37-22-10-8-21(9-11-22)24-13-12-23(27(33)32-39(35,36)25-7-6-14-30-28(25)34)29(31-24)38-26-19(3)16-18(2)17-20(26)4/h6-14,16-17H,5,15H2,1-4H3,(H,30,34)(H,32,33). The highest BCUT2D eigenvalue weighted by Crippen LogP contribution is 2.33. The third-order valence-electron chi connectivity index (χ3n) is 5.83. The molecule has 0 atom stereocenters. The fraction of sp³-hybridized carbons (Fsp3) is 0.207. The minimum atomic E-state index is -4.47. The number of H-pyrrole nitrogens is 1. The van der Waals surface area contributed by atoms with Crippen LogP contribution in [0.5, 0.6) is 17.4 Å². The van der Waals surface area contributed by atoms with Crippen LogP contribution in [-0.4, -0.2) is 30.9 Å². The van der Waals surface area contributed by atoms with Gasteiger partial charge < -0.3 is 14.5 Å². The number of amides is 1. The lowest BCUT2D eigenvalue weighted by Gasteiger charge is -2.16. The van der Waals surface area contributed by atoms with E-state index in [0.29, 0.717) is 18.1 Å². The summed E-state index contributed by atoms with van der Waals surface area (Å²) in [5.41, 5.74) is 2.99. The molecular weight excluding hydrogens is 518 g/mol. The number of sulfonamides is 1. The Kier molecular flexibility index (Phi) is 8.15. The van der Waals surface area contributed by atoms with Gasteiger partial charge in [0.1, 0.15) is 17.1 Å². The lowest BCUT2D eigenvalue weighted by atomic mass is 10.1. The maximum atomic E-state index is 13.2. The van der Waals surface area contributed by atoms with Crippen molar-refractivity contribution in [3.05, 3.63) is 99.5 Å². The summed E-state index contributed by atoms with van der Waals surface area (Å²) in [6, 6.07) is 16.7. The minimum absolute atomic E-state index is 0.0801. The Morgan fingerprint density at radius 3 is 2.33 bits per heavy atom. The van der Waals surface area contributed by atoms with Gasteiger partial charge in [0.25, 0.3) is 21.5 Å². The molecular formula is C29H29N3O6S. The maximum Gasteiger partial charge on any atom is 0.270 e. The van der Waals surface area contributed by atoms with Gasteiger partial charge in [0.15, 0.2) is 4.90 Å². The number of hydrogen-bond donors (Lipinski definition) is 2. The highest BCUT2D eigenvalue weighted by Gasteiger charge is 2.25. The first-order chi connectivity index (χ1) is 18.6. The van der Waals surface area contributed by atoms with Gasteiger partial charge >= 0.3 is 0 Å². The molecule has 0 unspecified atom stereocenters. The van der Waals surface area contributed by atoms with E-state index in [2.05, 4.69) is 9.97 Å². The van der Waals surface area contributed by atoms with Crippen LogP contribution in [0.2, 0.25) is 0 Å². The molecule has 0 fully saturated rings. The third-order valence-corrected chi connectivity index (χ3v) is 7.18. The van der Waals surface area contributed by atoms with E-state index in [-0.39, 0.29) is 11.4 Å². The molecule has 1 amide bonds. The van der Waals surface area contributed by atoms with Gasteiger partial charge in [-0.05, 0) is 86.8 Å². The molecule has 0 aliphatic heterocycles. The van der Waals surface area contributed by atoms with Gasteiger partial charge in [-0.3, -0.25) is 9.59 Å². The number of aromatic amines is 1. The van der Waals surface area contributed by atoms with Crippen LogP contribution < -0.4 is 19.8 Å². The second-order valence-electron chi connectivity index (χ2n) is 9.05. The number of ether oxygens (including phenoxy) is 2. The van der Waals surface area contributed by atoms with Crippen molar-refractivity contribution < 1.29 is 22.7 Å².